The molecule has 1 aromatic carbocycles. The number of aryl methyl sites for hydroxylation is 1. The first kappa shape index (κ1) is 21.3. The normalized spacial score (nSPS) is 10.9. The molecule has 0 aliphatic carbocycles. The van der Waals surface area contributed by atoms with Gasteiger partial charge in [-0.2, -0.15) is 0 Å². The molecule has 5 nitrogen and oxygen atoms in total. The van der Waals surface area contributed by atoms with E-state index < -0.39 is 0 Å². The topological polar surface area (TPSA) is 61.2 Å². The second-order valence-electron chi connectivity index (χ2n) is 6.40. The Morgan fingerprint density at radius 3 is 2.66 bits per heavy atom. The van der Waals surface area contributed by atoms with E-state index in [1.165, 1.54) is 35.2 Å². The molecule has 152 valence electrons. The lowest BCUT2D eigenvalue weighted by molar-refractivity contribution is -0.142. The summed E-state index contributed by atoms with van der Waals surface area (Å²) >= 11 is 2.76. The molecule has 2 heterocycles. The smallest absolute Gasteiger partial charge is 0.311 e. The number of carbonyl (C=O) groups excluding carboxylic acids is 2. The van der Waals surface area contributed by atoms with Gasteiger partial charge in [0, 0.05) is 28.0 Å². The van der Waals surface area contributed by atoms with Crippen LogP contribution in [0.2, 0.25) is 0 Å². The van der Waals surface area contributed by atoms with Gasteiger partial charge in [0.25, 0.3) is 0 Å². The SMILES string of the molecule is CCOC(=O)Cc1csc(SCC(=O)c2cc(C)n(-c3ccc(F)cc3)c2C)n1. The molecule has 0 fully saturated rings. The predicted octanol–water partition coefficient (Wildman–Crippen LogP) is 4.77. The molecule has 0 saturated heterocycles. The second-order valence-corrected chi connectivity index (χ2v) is 8.48. The molecule has 0 spiro atoms. The van der Waals surface area contributed by atoms with Crippen LogP contribution < -0.4 is 0 Å². The van der Waals surface area contributed by atoms with Gasteiger partial charge in [0.15, 0.2) is 10.1 Å². The largest absolute Gasteiger partial charge is 0.466 e. The summed E-state index contributed by atoms with van der Waals surface area (Å²) in [6.07, 6.45) is 0.137. The number of hydrogen-bond acceptors (Lipinski definition) is 6. The van der Waals surface area contributed by atoms with Crippen molar-refractivity contribution >= 4 is 34.9 Å². The maximum absolute atomic E-state index is 13.2. The zero-order valence-corrected chi connectivity index (χ0v) is 18.0. The van der Waals surface area contributed by atoms with Crippen LogP contribution in [0.3, 0.4) is 0 Å². The van der Waals surface area contributed by atoms with Crippen LogP contribution in [0.5, 0.6) is 0 Å². The summed E-state index contributed by atoms with van der Waals surface area (Å²) in [4.78, 5) is 28.7. The van der Waals surface area contributed by atoms with E-state index in [4.69, 9.17) is 4.74 Å². The first-order valence-corrected chi connectivity index (χ1v) is 11.0. The van der Waals surface area contributed by atoms with E-state index in [0.717, 1.165) is 21.4 Å². The molecule has 0 bridgehead atoms. The molecule has 0 unspecified atom stereocenters. The average Bonchev–Trinajstić information content (AvgIpc) is 3.24. The van der Waals surface area contributed by atoms with Crippen LogP contribution in [-0.4, -0.2) is 33.7 Å². The maximum Gasteiger partial charge on any atom is 0.311 e. The summed E-state index contributed by atoms with van der Waals surface area (Å²) in [6, 6.07) is 8.05. The molecule has 0 radical (unpaired) electrons. The first-order chi connectivity index (χ1) is 13.9. The monoisotopic (exact) mass is 432 g/mol. The number of thioether (sulfide) groups is 1. The summed E-state index contributed by atoms with van der Waals surface area (Å²) in [5.41, 5.74) is 3.84. The fourth-order valence-corrected chi connectivity index (χ4v) is 4.76. The van der Waals surface area contributed by atoms with Gasteiger partial charge >= 0.3 is 5.97 Å². The van der Waals surface area contributed by atoms with Gasteiger partial charge in [-0.1, -0.05) is 11.8 Å². The van der Waals surface area contributed by atoms with Gasteiger partial charge in [0.1, 0.15) is 5.82 Å². The molecular weight excluding hydrogens is 411 g/mol. The van der Waals surface area contributed by atoms with Crippen molar-refractivity contribution in [3.8, 4) is 5.69 Å². The highest BCUT2D eigenvalue weighted by atomic mass is 32.2. The van der Waals surface area contributed by atoms with E-state index in [0.29, 0.717) is 17.9 Å². The standard InChI is InChI=1S/C21H21FN2O3S2/c1-4-27-20(26)10-16-11-28-21(23-16)29-12-19(25)18-9-13(2)24(14(18)3)17-7-5-15(22)6-8-17/h5-9,11H,4,10,12H2,1-3H3. The summed E-state index contributed by atoms with van der Waals surface area (Å²) in [6.45, 7) is 5.91. The van der Waals surface area contributed by atoms with Crippen LogP contribution in [-0.2, 0) is 16.0 Å². The molecule has 2 aromatic heterocycles. The molecular formula is C21H21FN2O3S2. The minimum Gasteiger partial charge on any atom is -0.466 e. The van der Waals surface area contributed by atoms with Gasteiger partial charge < -0.3 is 9.30 Å². The molecule has 8 heteroatoms. The Kier molecular flexibility index (Phi) is 6.87. The van der Waals surface area contributed by atoms with Gasteiger partial charge in [0.2, 0.25) is 0 Å². The molecule has 0 saturated carbocycles. The average molecular weight is 433 g/mol. The lowest BCUT2D eigenvalue weighted by Crippen LogP contribution is -2.07. The predicted molar refractivity (Wildman–Crippen MR) is 113 cm³/mol. The number of nitrogens with zero attached hydrogens (tertiary/aromatic N) is 2. The van der Waals surface area contributed by atoms with Crippen LogP contribution in [0.25, 0.3) is 5.69 Å². The molecule has 0 aliphatic rings. The summed E-state index contributed by atoms with van der Waals surface area (Å²) in [7, 11) is 0. The van der Waals surface area contributed by atoms with Crippen LogP contribution >= 0.6 is 23.1 Å². The van der Waals surface area contributed by atoms with Crippen LogP contribution in [0, 0.1) is 19.7 Å². The third-order valence-electron chi connectivity index (χ3n) is 4.30. The Bertz CT molecular complexity index is 1030. The number of benzene rings is 1. The van der Waals surface area contributed by atoms with E-state index in [1.54, 1.807) is 19.1 Å². The van der Waals surface area contributed by atoms with Crippen molar-refractivity contribution in [1.82, 2.24) is 9.55 Å². The number of esters is 1. The van der Waals surface area contributed by atoms with Crippen molar-refractivity contribution in [2.45, 2.75) is 31.5 Å². The van der Waals surface area contributed by atoms with E-state index in [2.05, 4.69) is 4.98 Å². The minimum absolute atomic E-state index is 0.00129. The molecule has 0 aliphatic heterocycles. The molecule has 3 rings (SSSR count). The van der Waals surface area contributed by atoms with Gasteiger partial charge in [-0.3, -0.25) is 9.59 Å². The zero-order chi connectivity index (χ0) is 21.0. The highest BCUT2D eigenvalue weighted by Gasteiger charge is 2.18. The Balaban J connectivity index is 1.67. The van der Waals surface area contributed by atoms with Crippen LogP contribution in [0.15, 0.2) is 40.1 Å². The highest BCUT2D eigenvalue weighted by Crippen LogP contribution is 2.26. The Morgan fingerprint density at radius 1 is 1.24 bits per heavy atom. The lowest BCUT2D eigenvalue weighted by atomic mass is 10.2. The molecule has 0 amide bonds. The zero-order valence-electron chi connectivity index (χ0n) is 16.4. The number of carbonyl (C=O) groups is 2. The van der Waals surface area contributed by atoms with Gasteiger partial charge in [-0.25, -0.2) is 9.37 Å². The van der Waals surface area contributed by atoms with Crippen molar-refractivity contribution in [1.29, 1.82) is 0 Å². The van der Waals surface area contributed by atoms with Crippen molar-refractivity contribution in [2.24, 2.45) is 0 Å². The van der Waals surface area contributed by atoms with Crippen molar-refractivity contribution < 1.29 is 18.7 Å². The fraction of sp³-hybridized carbons (Fsp3) is 0.286. The Labute approximate surface area is 176 Å². The van der Waals surface area contributed by atoms with Crippen molar-refractivity contribution in [3.05, 3.63) is 64.2 Å². The van der Waals surface area contributed by atoms with Gasteiger partial charge in [0.05, 0.1) is 24.5 Å². The number of ether oxygens (including phenoxy) is 1. The third-order valence-corrected chi connectivity index (χ3v) is 6.37. The second kappa shape index (κ2) is 9.37. The summed E-state index contributed by atoms with van der Waals surface area (Å²) in [5, 5.41) is 1.81. The number of hydrogen-bond donors (Lipinski definition) is 0. The van der Waals surface area contributed by atoms with E-state index in [9.17, 15) is 14.0 Å². The van der Waals surface area contributed by atoms with Crippen LogP contribution in [0.4, 0.5) is 4.39 Å². The Hall–Kier alpha value is -2.45. The Morgan fingerprint density at radius 2 is 1.97 bits per heavy atom. The number of ketones is 1. The third kappa shape index (κ3) is 5.13. The molecule has 29 heavy (non-hydrogen) atoms. The van der Waals surface area contributed by atoms with Gasteiger partial charge in [-0.15, -0.1) is 11.3 Å². The van der Waals surface area contributed by atoms with Crippen molar-refractivity contribution in [2.75, 3.05) is 12.4 Å². The number of Topliss-reactive ketones (excluding diaryl/α,β-unsaturated/α-hetero) is 1. The summed E-state index contributed by atoms with van der Waals surface area (Å²) in [5.74, 6) is -0.355. The lowest BCUT2D eigenvalue weighted by Gasteiger charge is -2.09. The molecule has 3 aromatic rings. The molecule has 0 atom stereocenters. The maximum atomic E-state index is 13.2. The van der Waals surface area contributed by atoms with Gasteiger partial charge in [-0.05, 0) is 51.1 Å². The number of aromatic nitrogens is 2. The minimum atomic E-state index is -0.307. The van der Waals surface area contributed by atoms with E-state index >= 15 is 0 Å². The molecule has 0 N–H and O–H groups in total. The quantitative estimate of drug-likeness (QED) is 0.291. The van der Waals surface area contributed by atoms with Crippen molar-refractivity contribution in [3.63, 3.8) is 0 Å². The summed E-state index contributed by atoms with van der Waals surface area (Å²) < 4.78 is 20.8. The fourth-order valence-electron chi connectivity index (χ4n) is 3.03. The van der Waals surface area contributed by atoms with E-state index in [-0.39, 0.29) is 29.7 Å². The first-order valence-electron chi connectivity index (χ1n) is 9.10. The number of rotatable bonds is 8. The van der Waals surface area contributed by atoms with Crippen LogP contribution in [0.1, 0.15) is 34.4 Å². The number of halogens is 1. The van der Waals surface area contributed by atoms with E-state index in [1.807, 2.05) is 29.9 Å². The number of thiazole rings is 1. The highest BCUT2D eigenvalue weighted by molar-refractivity contribution is 8.01.